The van der Waals surface area contributed by atoms with Crippen LogP contribution in [0.3, 0.4) is 0 Å². The van der Waals surface area contributed by atoms with Crippen molar-refractivity contribution in [2.45, 2.75) is 24.9 Å². The van der Waals surface area contributed by atoms with Crippen LogP contribution in [0.25, 0.3) is 0 Å². The van der Waals surface area contributed by atoms with E-state index in [1.165, 1.54) is 0 Å². The van der Waals surface area contributed by atoms with Crippen molar-refractivity contribution in [1.82, 2.24) is 10.2 Å². The van der Waals surface area contributed by atoms with Gasteiger partial charge < -0.3 is 15.0 Å². The Morgan fingerprint density at radius 3 is 2.75 bits per heavy atom. The van der Waals surface area contributed by atoms with Crippen LogP contribution >= 0.6 is 0 Å². The second-order valence-corrected chi connectivity index (χ2v) is 5.76. The van der Waals surface area contributed by atoms with Crippen molar-refractivity contribution in [2.75, 3.05) is 32.8 Å². The van der Waals surface area contributed by atoms with Gasteiger partial charge in [0.15, 0.2) is 0 Å². The molecule has 0 radical (unpaired) electrons. The zero-order valence-electron chi connectivity index (χ0n) is 11.8. The van der Waals surface area contributed by atoms with Crippen LogP contribution in [0.1, 0.15) is 18.4 Å². The van der Waals surface area contributed by atoms with Crippen molar-refractivity contribution >= 4 is 5.91 Å². The molecule has 0 aromatic heterocycles. The molecule has 2 aliphatic rings. The first-order valence-electron chi connectivity index (χ1n) is 7.44. The van der Waals surface area contributed by atoms with E-state index in [-0.39, 0.29) is 11.5 Å². The number of piperidine rings is 1. The summed E-state index contributed by atoms with van der Waals surface area (Å²) in [6.07, 6.45) is 2.50. The van der Waals surface area contributed by atoms with Gasteiger partial charge in [0, 0.05) is 13.1 Å². The van der Waals surface area contributed by atoms with E-state index in [2.05, 4.69) is 5.32 Å². The van der Waals surface area contributed by atoms with E-state index >= 15 is 0 Å². The smallest absolute Gasteiger partial charge is 0.227 e. The third kappa shape index (κ3) is 3.02. The Morgan fingerprint density at radius 2 is 2.00 bits per heavy atom. The average molecular weight is 274 g/mol. The van der Waals surface area contributed by atoms with Gasteiger partial charge in [0.05, 0.1) is 18.6 Å². The summed E-state index contributed by atoms with van der Waals surface area (Å²) in [6, 6.07) is 9.97. The van der Waals surface area contributed by atoms with Gasteiger partial charge in [-0.25, -0.2) is 0 Å². The first-order chi connectivity index (χ1) is 9.77. The summed E-state index contributed by atoms with van der Waals surface area (Å²) in [4.78, 5) is 14.4. The van der Waals surface area contributed by atoms with Gasteiger partial charge in [-0.15, -0.1) is 0 Å². The van der Waals surface area contributed by atoms with Gasteiger partial charge in [0.1, 0.15) is 0 Å². The van der Waals surface area contributed by atoms with Crippen LogP contribution in [0.5, 0.6) is 0 Å². The van der Waals surface area contributed by atoms with Gasteiger partial charge >= 0.3 is 0 Å². The number of nitrogens with one attached hydrogen (secondary N) is 1. The number of carbonyl (C=O) groups is 1. The third-order valence-corrected chi connectivity index (χ3v) is 4.31. The number of benzene rings is 1. The monoisotopic (exact) mass is 274 g/mol. The number of amides is 1. The first kappa shape index (κ1) is 13.6. The van der Waals surface area contributed by atoms with E-state index in [1.807, 2.05) is 35.2 Å². The summed E-state index contributed by atoms with van der Waals surface area (Å²) < 4.78 is 6.00. The lowest BCUT2D eigenvalue weighted by atomic mass is 9.90. The number of rotatable bonds is 2. The van der Waals surface area contributed by atoms with Gasteiger partial charge in [-0.1, -0.05) is 30.3 Å². The highest BCUT2D eigenvalue weighted by Gasteiger charge is 2.39. The Balaban J connectivity index is 1.63. The van der Waals surface area contributed by atoms with Crippen molar-refractivity contribution in [3.8, 4) is 0 Å². The summed E-state index contributed by atoms with van der Waals surface area (Å²) in [5.41, 5.74) is 0.985. The van der Waals surface area contributed by atoms with E-state index < -0.39 is 0 Å². The van der Waals surface area contributed by atoms with Gasteiger partial charge in [0.2, 0.25) is 5.91 Å². The number of morpholine rings is 1. The summed E-state index contributed by atoms with van der Waals surface area (Å²) in [7, 11) is 0. The highest BCUT2D eigenvalue weighted by atomic mass is 16.5. The second-order valence-electron chi connectivity index (χ2n) is 5.76. The molecule has 0 bridgehead atoms. The number of ether oxygens (including phenoxy) is 1. The summed E-state index contributed by atoms with van der Waals surface area (Å²) in [5.74, 6) is 0.220. The van der Waals surface area contributed by atoms with Crippen molar-refractivity contribution in [1.29, 1.82) is 0 Å². The highest BCUT2D eigenvalue weighted by molar-refractivity contribution is 5.79. The summed E-state index contributed by atoms with van der Waals surface area (Å²) in [5, 5.41) is 3.36. The normalized spacial score (nSPS) is 21.9. The lowest BCUT2D eigenvalue weighted by Crippen LogP contribution is -2.57. The largest absolute Gasteiger partial charge is 0.371 e. The summed E-state index contributed by atoms with van der Waals surface area (Å²) >= 11 is 0. The molecule has 108 valence electrons. The minimum atomic E-state index is -0.101. The molecule has 0 atom stereocenters. The van der Waals surface area contributed by atoms with Crippen molar-refractivity contribution < 1.29 is 9.53 Å². The van der Waals surface area contributed by atoms with Crippen molar-refractivity contribution in [3.05, 3.63) is 35.9 Å². The van der Waals surface area contributed by atoms with E-state index in [9.17, 15) is 4.79 Å². The topological polar surface area (TPSA) is 41.6 Å². The molecule has 20 heavy (non-hydrogen) atoms. The summed E-state index contributed by atoms with van der Waals surface area (Å²) in [6.45, 7) is 4.11. The fourth-order valence-electron chi connectivity index (χ4n) is 3.12. The zero-order valence-corrected chi connectivity index (χ0v) is 11.8. The fraction of sp³-hybridized carbons (Fsp3) is 0.562. The van der Waals surface area contributed by atoms with E-state index in [0.717, 1.165) is 44.6 Å². The van der Waals surface area contributed by atoms with Crippen LogP contribution in [-0.4, -0.2) is 49.2 Å². The number of nitrogens with zero attached hydrogens (tertiary/aromatic N) is 1. The van der Waals surface area contributed by atoms with Crippen LogP contribution in [0, 0.1) is 0 Å². The molecule has 2 saturated heterocycles. The molecule has 4 heteroatoms. The lowest BCUT2D eigenvalue weighted by molar-refractivity contribution is -0.154. The standard InChI is InChI=1S/C16H22N2O2/c19-15(12-14-4-2-1-3-5-14)18-10-11-20-16(13-18)6-8-17-9-7-16/h1-5,17H,6-13H2. The average Bonchev–Trinajstić information content (AvgIpc) is 2.49. The molecule has 2 heterocycles. The Morgan fingerprint density at radius 1 is 1.25 bits per heavy atom. The second kappa shape index (κ2) is 5.94. The van der Waals surface area contributed by atoms with Crippen LogP contribution < -0.4 is 5.32 Å². The molecule has 1 spiro atoms. The Labute approximate surface area is 120 Å². The predicted octanol–water partition coefficient (Wildman–Crippen LogP) is 1.21. The minimum Gasteiger partial charge on any atom is -0.371 e. The molecular formula is C16H22N2O2. The Bertz CT molecular complexity index is 449. The van der Waals surface area contributed by atoms with Crippen molar-refractivity contribution in [3.63, 3.8) is 0 Å². The van der Waals surface area contributed by atoms with Gasteiger partial charge in [0.25, 0.3) is 0 Å². The molecule has 1 amide bonds. The van der Waals surface area contributed by atoms with Crippen LogP contribution in [-0.2, 0) is 16.0 Å². The quantitative estimate of drug-likeness (QED) is 0.881. The van der Waals surface area contributed by atoms with E-state index in [4.69, 9.17) is 4.74 Å². The molecule has 0 unspecified atom stereocenters. The van der Waals surface area contributed by atoms with Gasteiger partial charge in [-0.3, -0.25) is 4.79 Å². The number of hydrogen-bond acceptors (Lipinski definition) is 3. The predicted molar refractivity (Wildman–Crippen MR) is 77.5 cm³/mol. The maximum atomic E-state index is 12.4. The fourth-order valence-corrected chi connectivity index (χ4v) is 3.12. The molecule has 3 rings (SSSR count). The molecular weight excluding hydrogens is 252 g/mol. The SMILES string of the molecule is O=C(Cc1ccccc1)N1CCOC2(CCNCC2)C1. The van der Waals surface area contributed by atoms with E-state index in [0.29, 0.717) is 13.0 Å². The minimum absolute atomic E-state index is 0.101. The third-order valence-electron chi connectivity index (χ3n) is 4.31. The molecule has 2 fully saturated rings. The van der Waals surface area contributed by atoms with Crippen molar-refractivity contribution in [2.24, 2.45) is 0 Å². The zero-order chi connectivity index (χ0) is 13.8. The molecule has 1 aromatic carbocycles. The first-order valence-corrected chi connectivity index (χ1v) is 7.44. The molecule has 2 aliphatic heterocycles. The molecule has 4 nitrogen and oxygen atoms in total. The lowest BCUT2D eigenvalue weighted by Gasteiger charge is -2.45. The molecule has 1 N–H and O–H groups in total. The Kier molecular flexibility index (Phi) is 4.03. The maximum absolute atomic E-state index is 12.4. The van der Waals surface area contributed by atoms with Gasteiger partial charge in [-0.05, 0) is 31.5 Å². The maximum Gasteiger partial charge on any atom is 0.227 e. The van der Waals surface area contributed by atoms with Gasteiger partial charge in [-0.2, -0.15) is 0 Å². The highest BCUT2D eigenvalue weighted by Crippen LogP contribution is 2.27. The molecule has 0 saturated carbocycles. The molecule has 0 aliphatic carbocycles. The number of carbonyl (C=O) groups excluding carboxylic acids is 1. The Hall–Kier alpha value is -1.39. The number of hydrogen-bond donors (Lipinski definition) is 1. The molecule has 1 aromatic rings. The van der Waals surface area contributed by atoms with Crippen LogP contribution in [0.2, 0.25) is 0 Å². The van der Waals surface area contributed by atoms with E-state index in [1.54, 1.807) is 0 Å². The van der Waals surface area contributed by atoms with Crippen LogP contribution in [0.4, 0.5) is 0 Å². The van der Waals surface area contributed by atoms with Crippen LogP contribution in [0.15, 0.2) is 30.3 Å².